The molecule has 0 radical (unpaired) electrons. The Labute approximate surface area is 111 Å². The van der Waals surface area contributed by atoms with Gasteiger partial charge in [0, 0.05) is 12.6 Å². The molecule has 8 heteroatoms. The molecule has 0 aromatic heterocycles. The number of carbonyl (C=O) groups is 1. The van der Waals surface area contributed by atoms with Crippen LogP contribution in [-0.2, 0) is 0 Å². The molecule has 0 aliphatic carbocycles. The van der Waals surface area contributed by atoms with E-state index in [9.17, 15) is 26.7 Å². The van der Waals surface area contributed by atoms with Crippen LogP contribution in [0.2, 0.25) is 0 Å². The van der Waals surface area contributed by atoms with E-state index in [1.807, 2.05) is 0 Å². The van der Waals surface area contributed by atoms with Crippen LogP contribution in [0.25, 0.3) is 0 Å². The van der Waals surface area contributed by atoms with E-state index in [0.29, 0.717) is 13.0 Å². The molecule has 1 aromatic carbocycles. The van der Waals surface area contributed by atoms with E-state index in [0.717, 1.165) is 13.0 Å². The van der Waals surface area contributed by atoms with Gasteiger partial charge in [-0.2, -0.15) is 0 Å². The van der Waals surface area contributed by atoms with Gasteiger partial charge in [0.2, 0.25) is 5.82 Å². The fraction of sp³-hybridized carbons (Fsp3) is 0.417. The van der Waals surface area contributed by atoms with Crippen molar-refractivity contribution in [3.05, 3.63) is 34.6 Å². The highest BCUT2D eigenvalue weighted by Gasteiger charge is 2.30. The summed E-state index contributed by atoms with van der Waals surface area (Å²) in [6, 6.07) is -0.411. The van der Waals surface area contributed by atoms with Crippen molar-refractivity contribution in [2.45, 2.75) is 18.9 Å². The Bertz CT molecular complexity index is 514. The summed E-state index contributed by atoms with van der Waals surface area (Å²) in [6.45, 7) is 1.12. The van der Waals surface area contributed by atoms with Crippen molar-refractivity contribution in [3.8, 4) is 0 Å². The maximum atomic E-state index is 13.4. The Morgan fingerprint density at radius 1 is 1.00 bits per heavy atom. The molecule has 1 saturated heterocycles. The first-order chi connectivity index (χ1) is 9.43. The largest absolute Gasteiger partial charge is 0.348 e. The van der Waals surface area contributed by atoms with Gasteiger partial charge < -0.3 is 10.6 Å². The Hall–Kier alpha value is -1.70. The molecular formula is C12H11F5N2O. The molecule has 1 unspecified atom stereocenters. The zero-order valence-corrected chi connectivity index (χ0v) is 10.2. The van der Waals surface area contributed by atoms with Crippen molar-refractivity contribution in [1.29, 1.82) is 0 Å². The predicted molar refractivity (Wildman–Crippen MR) is 59.6 cm³/mol. The number of hydrogen-bond acceptors (Lipinski definition) is 2. The molecule has 1 heterocycles. The Balaban J connectivity index is 2.30. The van der Waals surface area contributed by atoms with E-state index in [1.54, 1.807) is 0 Å². The van der Waals surface area contributed by atoms with Crippen LogP contribution in [0.3, 0.4) is 0 Å². The molecule has 1 amide bonds. The van der Waals surface area contributed by atoms with Crippen LogP contribution in [-0.4, -0.2) is 25.0 Å². The molecule has 2 N–H and O–H groups in total. The Morgan fingerprint density at radius 2 is 1.55 bits per heavy atom. The highest BCUT2D eigenvalue weighted by atomic mass is 19.2. The van der Waals surface area contributed by atoms with E-state index in [2.05, 4.69) is 10.6 Å². The fourth-order valence-electron chi connectivity index (χ4n) is 2.04. The highest BCUT2D eigenvalue weighted by molar-refractivity contribution is 5.95. The second-order valence-corrected chi connectivity index (χ2v) is 4.46. The SMILES string of the molecule is O=C(NC1CCCNC1)c1c(F)c(F)c(F)c(F)c1F. The molecule has 110 valence electrons. The molecule has 0 bridgehead atoms. The molecule has 20 heavy (non-hydrogen) atoms. The third-order valence-electron chi connectivity index (χ3n) is 3.07. The summed E-state index contributed by atoms with van der Waals surface area (Å²) in [7, 11) is 0. The standard InChI is InChI=1S/C12H11F5N2O/c13-7-6(8(14)10(16)11(17)9(7)15)12(20)19-5-2-1-3-18-4-5/h5,18H,1-4H2,(H,19,20). The van der Waals surface area contributed by atoms with Crippen molar-refractivity contribution in [2.75, 3.05) is 13.1 Å². The number of halogens is 5. The van der Waals surface area contributed by atoms with Gasteiger partial charge >= 0.3 is 0 Å². The first kappa shape index (κ1) is 14.7. The first-order valence-electron chi connectivity index (χ1n) is 5.96. The molecule has 2 rings (SSSR count). The van der Waals surface area contributed by atoms with Crippen LogP contribution in [0.15, 0.2) is 0 Å². The number of benzene rings is 1. The Kier molecular flexibility index (Phi) is 4.22. The molecule has 3 nitrogen and oxygen atoms in total. The monoisotopic (exact) mass is 294 g/mol. The van der Waals surface area contributed by atoms with Crippen LogP contribution in [0.4, 0.5) is 22.0 Å². The highest BCUT2D eigenvalue weighted by Crippen LogP contribution is 2.23. The van der Waals surface area contributed by atoms with E-state index >= 15 is 0 Å². The van der Waals surface area contributed by atoms with E-state index in [1.165, 1.54) is 0 Å². The quantitative estimate of drug-likeness (QED) is 0.497. The molecule has 1 aromatic rings. The van der Waals surface area contributed by atoms with E-state index < -0.39 is 46.6 Å². The lowest BCUT2D eigenvalue weighted by molar-refractivity contribution is 0.0919. The molecule has 1 aliphatic heterocycles. The van der Waals surface area contributed by atoms with E-state index in [4.69, 9.17) is 0 Å². The molecule has 0 saturated carbocycles. The van der Waals surface area contributed by atoms with Gasteiger partial charge in [-0.1, -0.05) is 0 Å². The lowest BCUT2D eigenvalue weighted by atomic mass is 10.1. The van der Waals surface area contributed by atoms with Crippen molar-refractivity contribution in [1.82, 2.24) is 10.6 Å². The van der Waals surface area contributed by atoms with Gasteiger partial charge in [-0.05, 0) is 19.4 Å². The zero-order valence-electron chi connectivity index (χ0n) is 10.2. The molecule has 1 aliphatic rings. The fourth-order valence-corrected chi connectivity index (χ4v) is 2.04. The minimum Gasteiger partial charge on any atom is -0.348 e. The number of piperidine rings is 1. The van der Waals surface area contributed by atoms with Crippen LogP contribution in [0.5, 0.6) is 0 Å². The van der Waals surface area contributed by atoms with Crippen LogP contribution < -0.4 is 10.6 Å². The first-order valence-corrected chi connectivity index (χ1v) is 5.96. The summed E-state index contributed by atoms with van der Waals surface area (Å²) < 4.78 is 65.6. The number of amides is 1. The Morgan fingerprint density at radius 3 is 2.05 bits per heavy atom. The summed E-state index contributed by atoms with van der Waals surface area (Å²) in [5.74, 6) is -12.1. The smallest absolute Gasteiger partial charge is 0.257 e. The van der Waals surface area contributed by atoms with Crippen molar-refractivity contribution in [3.63, 3.8) is 0 Å². The molecule has 0 spiro atoms. The lowest BCUT2D eigenvalue weighted by Gasteiger charge is -2.24. The molecule has 1 fully saturated rings. The van der Waals surface area contributed by atoms with Gasteiger partial charge in [0.1, 0.15) is 5.56 Å². The maximum Gasteiger partial charge on any atom is 0.257 e. The van der Waals surface area contributed by atoms with Gasteiger partial charge in [-0.25, -0.2) is 22.0 Å². The summed E-state index contributed by atoms with van der Waals surface area (Å²) >= 11 is 0. The van der Waals surface area contributed by atoms with Crippen LogP contribution in [0.1, 0.15) is 23.2 Å². The zero-order chi connectivity index (χ0) is 14.9. The number of nitrogens with one attached hydrogen (secondary N) is 2. The predicted octanol–water partition coefficient (Wildman–Crippen LogP) is 1.86. The van der Waals surface area contributed by atoms with Crippen molar-refractivity contribution < 1.29 is 26.7 Å². The van der Waals surface area contributed by atoms with Gasteiger partial charge in [-0.15, -0.1) is 0 Å². The van der Waals surface area contributed by atoms with Crippen molar-refractivity contribution in [2.24, 2.45) is 0 Å². The lowest BCUT2D eigenvalue weighted by Crippen LogP contribution is -2.46. The van der Waals surface area contributed by atoms with Crippen LogP contribution >= 0.6 is 0 Å². The van der Waals surface area contributed by atoms with Crippen LogP contribution in [0, 0.1) is 29.1 Å². The topological polar surface area (TPSA) is 41.1 Å². The third-order valence-corrected chi connectivity index (χ3v) is 3.07. The van der Waals surface area contributed by atoms with Gasteiger partial charge in [-0.3, -0.25) is 4.79 Å². The number of rotatable bonds is 2. The summed E-state index contributed by atoms with van der Waals surface area (Å²) in [4.78, 5) is 11.7. The summed E-state index contributed by atoms with van der Waals surface area (Å²) in [5.41, 5.74) is -1.45. The average Bonchev–Trinajstić information content (AvgIpc) is 2.44. The summed E-state index contributed by atoms with van der Waals surface area (Å²) in [5, 5.41) is 5.20. The third kappa shape index (κ3) is 2.60. The van der Waals surface area contributed by atoms with Gasteiger partial charge in [0.25, 0.3) is 5.91 Å². The second-order valence-electron chi connectivity index (χ2n) is 4.46. The minimum absolute atomic E-state index is 0.376. The second kappa shape index (κ2) is 5.74. The molecule has 1 atom stereocenters. The average molecular weight is 294 g/mol. The minimum atomic E-state index is -2.28. The number of carbonyl (C=O) groups excluding carboxylic acids is 1. The number of hydrogen-bond donors (Lipinski definition) is 2. The van der Waals surface area contributed by atoms with Gasteiger partial charge in [0.05, 0.1) is 0 Å². The summed E-state index contributed by atoms with van der Waals surface area (Å²) in [6.07, 6.45) is 1.30. The normalized spacial score (nSPS) is 18.9. The van der Waals surface area contributed by atoms with E-state index in [-0.39, 0.29) is 0 Å². The molecular weight excluding hydrogens is 283 g/mol. The van der Waals surface area contributed by atoms with Gasteiger partial charge in [0.15, 0.2) is 23.3 Å². The maximum absolute atomic E-state index is 13.4. The van der Waals surface area contributed by atoms with Crippen molar-refractivity contribution >= 4 is 5.91 Å².